The van der Waals surface area contributed by atoms with Gasteiger partial charge in [0.2, 0.25) is 0 Å². The van der Waals surface area contributed by atoms with Crippen molar-refractivity contribution in [3.63, 3.8) is 0 Å². The van der Waals surface area contributed by atoms with E-state index in [9.17, 15) is 4.79 Å². The molecule has 2 fully saturated rings. The van der Waals surface area contributed by atoms with Crippen molar-refractivity contribution in [3.05, 3.63) is 66.2 Å². The summed E-state index contributed by atoms with van der Waals surface area (Å²) in [5.74, 6) is 0.920. The van der Waals surface area contributed by atoms with Gasteiger partial charge in [0, 0.05) is 62.1 Å². The number of carbonyl (C=O) groups is 1. The summed E-state index contributed by atoms with van der Waals surface area (Å²) in [5.41, 5.74) is 4.74. The minimum Gasteiger partial charge on any atom is -0.357 e. The lowest BCUT2D eigenvalue weighted by Gasteiger charge is -2.53. The number of ketones is 1. The maximum atomic E-state index is 13.1. The molecule has 0 atom stereocenters. The molecule has 8 nitrogen and oxygen atoms in total. The quantitative estimate of drug-likeness (QED) is 0.416. The minimum absolute atomic E-state index is 0.0276. The summed E-state index contributed by atoms with van der Waals surface area (Å²) >= 11 is 0. The lowest BCUT2D eigenvalue weighted by Crippen LogP contribution is -2.58. The van der Waals surface area contributed by atoms with Crippen LogP contribution in [0.5, 0.6) is 0 Å². The first kappa shape index (κ1) is 21.9. The predicted molar refractivity (Wildman–Crippen MR) is 135 cm³/mol. The summed E-state index contributed by atoms with van der Waals surface area (Å²) in [4.78, 5) is 22.4. The predicted octanol–water partition coefficient (Wildman–Crippen LogP) is 3.38. The number of benzene rings is 1. The molecule has 4 aromatic rings. The van der Waals surface area contributed by atoms with E-state index in [-0.39, 0.29) is 12.2 Å². The fourth-order valence-electron chi connectivity index (χ4n) is 5.58. The molecule has 3 aromatic heterocycles. The first-order valence-corrected chi connectivity index (χ1v) is 12.1. The van der Waals surface area contributed by atoms with Crippen molar-refractivity contribution >= 4 is 22.5 Å². The summed E-state index contributed by atoms with van der Waals surface area (Å²) in [5, 5.41) is 13.9. The first-order chi connectivity index (χ1) is 17.0. The molecule has 0 N–H and O–H groups in total. The Hall–Kier alpha value is -3.65. The van der Waals surface area contributed by atoms with E-state index in [0.717, 1.165) is 40.9 Å². The van der Waals surface area contributed by atoms with Gasteiger partial charge in [-0.1, -0.05) is 6.07 Å². The SMILES string of the molecule is CN1CC2(CCN(c3cc(C(=O)Cc4cc5cc(-c6cnn(C)c6)ccc5nn4)ccn3)CC2)C1. The van der Waals surface area contributed by atoms with Crippen molar-refractivity contribution in [2.75, 3.05) is 38.1 Å². The van der Waals surface area contributed by atoms with Crippen LogP contribution in [0, 0.1) is 5.41 Å². The average Bonchev–Trinajstić information content (AvgIpc) is 3.29. The number of fused-ring (bicyclic) bond motifs is 1. The second-order valence-corrected chi connectivity index (χ2v) is 10.2. The number of hydrogen-bond donors (Lipinski definition) is 0. The zero-order valence-electron chi connectivity index (χ0n) is 20.2. The number of aryl methyl sites for hydroxylation is 1. The fourth-order valence-corrected chi connectivity index (χ4v) is 5.58. The molecule has 0 amide bonds. The molecule has 2 aliphatic rings. The molecular formula is C27H29N7O. The van der Waals surface area contributed by atoms with Gasteiger partial charge in [0.25, 0.3) is 0 Å². The van der Waals surface area contributed by atoms with Crippen molar-refractivity contribution < 1.29 is 4.79 Å². The molecule has 0 saturated carbocycles. The number of Topliss-reactive ketones (excluding diaryl/α,β-unsaturated/α-hetero) is 1. The van der Waals surface area contributed by atoms with Gasteiger partial charge in [-0.3, -0.25) is 9.48 Å². The highest BCUT2D eigenvalue weighted by Gasteiger charge is 2.43. The van der Waals surface area contributed by atoms with Crippen LogP contribution in [0.3, 0.4) is 0 Å². The summed E-state index contributed by atoms with van der Waals surface area (Å²) in [6, 6.07) is 11.7. The van der Waals surface area contributed by atoms with Gasteiger partial charge in [-0.15, -0.1) is 0 Å². The van der Waals surface area contributed by atoms with Gasteiger partial charge >= 0.3 is 0 Å². The fraction of sp³-hybridized carbons (Fsp3) is 0.370. The van der Waals surface area contributed by atoms with E-state index in [4.69, 9.17) is 0 Å². The van der Waals surface area contributed by atoms with Gasteiger partial charge in [0.1, 0.15) is 5.82 Å². The van der Waals surface area contributed by atoms with Gasteiger partial charge in [0.05, 0.1) is 23.8 Å². The highest BCUT2D eigenvalue weighted by atomic mass is 16.1. The monoisotopic (exact) mass is 467 g/mol. The Balaban J connectivity index is 1.17. The molecule has 6 rings (SSSR count). The second kappa shape index (κ2) is 8.53. The number of likely N-dealkylation sites (tertiary alicyclic amines) is 1. The highest BCUT2D eigenvalue weighted by molar-refractivity contribution is 5.98. The van der Waals surface area contributed by atoms with Crippen molar-refractivity contribution in [2.24, 2.45) is 12.5 Å². The Kier molecular flexibility index (Phi) is 5.33. The number of hydrogen-bond acceptors (Lipinski definition) is 7. The molecule has 1 spiro atoms. The van der Waals surface area contributed by atoms with Crippen LogP contribution in [-0.2, 0) is 13.5 Å². The molecule has 2 saturated heterocycles. The van der Waals surface area contributed by atoms with E-state index in [2.05, 4.69) is 43.2 Å². The Morgan fingerprint density at radius 2 is 1.83 bits per heavy atom. The second-order valence-electron chi connectivity index (χ2n) is 10.2. The van der Waals surface area contributed by atoms with Crippen LogP contribution < -0.4 is 4.90 Å². The number of anilines is 1. The summed E-state index contributed by atoms with van der Waals surface area (Å²) in [7, 11) is 4.09. The van der Waals surface area contributed by atoms with Crippen LogP contribution in [0.4, 0.5) is 5.82 Å². The normalized spacial score (nSPS) is 17.6. The van der Waals surface area contributed by atoms with Gasteiger partial charge in [-0.25, -0.2) is 4.98 Å². The maximum absolute atomic E-state index is 13.1. The number of pyridine rings is 1. The van der Waals surface area contributed by atoms with Crippen molar-refractivity contribution in [2.45, 2.75) is 19.3 Å². The van der Waals surface area contributed by atoms with Gasteiger partial charge in [0.15, 0.2) is 5.78 Å². The number of carbonyl (C=O) groups excluding carboxylic acids is 1. The van der Waals surface area contributed by atoms with Crippen LogP contribution in [0.1, 0.15) is 28.9 Å². The molecule has 5 heterocycles. The van der Waals surface area contributed by atoms with Crippen molar-refractivity contribution in [1.82, 2.24) is 29.9 Å². The van der Waals surface area contributed by atoms with Crippen LogP contribution in [0.2, 0.25) is 0 Å². The largest absolute Gasteiger partial charge is 0.357 e. The molecule has 178 valence electrons. The third-order valence-corrected chi connectivity index (χ3v) is 7.44. The lowest BCUT2D eigenvalue weighted by atomic mass is 9.72. The molecule has 8 heteroatoms. The standard InChI is InChI=1S/C27H29N7O/c1-32-17-27(18-32)6-9-34(10-7-27)26-13-20(5-8-28-26)25(35)14-23-12-21-11-19(3-4-24(21)31-30-23)22-15-29-33(2)16-22/h3-5,8,11-13,15-16H,6-7,9-10,14,17-18H2,1-2H3. The van der Waals surface area contributed by atoms with Gasteiger partial charge < -0.3 is 9.80 Å². The molecular weight excluding hydrogens is 438 g/mol. The van der Waals surface area contributed by atoms with Crippen molar-refractivity contribution in [1.29, 1.82) is 0 Å². The number of rotatable bonds is 5. The number of piperidine rings is 1. The molecule has 0 bridgehead atoms. The molecule has 2 aliphatic heterocycles. The summed E-state index contributed by atoms with van der Waals surface area (Å²) < 4.78 is 1.78. The topological polar surface area (TPSA) is 80.0 Å². The van der Waals surface area contributed by atoms with Crippen LogP contribution in [0.25, 0.3) is 22.0 Å². The minimum atomic E-state index is 0.0276. The van der Waals surface area contributed by atoms with E-state index in [1.54, 1.807) is 16.9 Å². The third-order valence-electron chi connectivity index (χ3n) is 7.44. The smallest absolute Gasteiger partial charge is 0.169 e. The van der Waals surface area contributed by atoms with E-state index in [1.807, 2.05) is 43.7 Å². The lowest BCUT2D eigenvalue weighted by molar-refractivity contribution is 0.00121. The Morgan fingerprint density at radius 3 is 2.57 bits per heavy atom. The van der Waals surface area contributed by atoms with Crippen LogP contribution in [-0.4, -0.2) is 68.9 Å². The highest BCUT2D eigenvalue weighted by Crippen LogP contribution is 2.40. The summed E-state index contributed by atoms with van der Waals surface area (Å²) in [6.07, 6.45) is 8.15. The maximum Gasteiger partial charge on any atom is 0.169 e. The van der Waals surface area contributed by atoms with Crippen molar-refractivity contribution in [3.8, 4) is 11.1 Å². The average molecular weight is 468 g/mol. The zero-order valence-corrected chi connectivity index (χ0v) is 20.2. The molecule has 0 aliphatic carbocycles. The number of aromatic nitrogens is 5. The van der Waals surface area contributed by atoms with E-state index in [0.29, 0.717) is 16.7 Å². The van der Waals surface area contributed by atoms with E-state index >= 15 is 0 Å². The van der Waals surface area contributed by atoms with E-state index in [1.165, 1.54) is 25.9 Å². The molecule has 1 aromatic carbocycles. The number of nitrogens with zero attached hydrogens (tertiary/aromatic N) is 7. The summed E-state index contributed by atoms with van der Waals surface area (Å²) in [6.45, 7) is 4.38. The first-order valence-electron chi connectivity index (χ1n) is 12.1. The Bertz CT molecular complexity index is 1400. The van der Waals surface area contributed by atoms with E-state index < -0.39 is 0 Å². The van der Waals surface area contributed by atoms with Crippen LogP contribution >= 0.6 is 0 Å². The van der Waals surface area contributed by atoms with Gasteiger partial charge in [-0.2, -0.15) is 15.3 Å². The molecule has 35 heavy (non-hydrogen) atoms. The van der Waals surface area contributed by atoms with Gasteiger partial charge in [-0.05, 0) is 61.2 Å². The Morgan fingerprint density at radius 1 is 1.00 bits per heavy atom. The molecule has 0 radical (unpaired) electrons. The molecule has 0 unspecified atom stereocenters. The third kappa shape index (κ3) is 4.30. The zero-order chi connectivity index (χ0) is 24.0. The van der Waals surface area contributed by atoms with Crippen LogP contribution in [0.15, 0.2) is 55.0 Å². The Labute approximate surface area is 204 Å².